The molecule has 2 rings (SSSR count). The SMILES string of the molecule is CC(=O)[C@H](Cc1ccccc1)NC(=O)c1ccccc1C(=O)O. The van der Waals surface area contributed by atoms with Crippen molar-refractivity contribution in [1.82, 2.24) is 5.32 Å². The Balaban J connectivity index is 2.19. The van der Waals surface area contributed by atoms with E-state index in [-0.39, 0.29) is 16.9 Å². The van der Waals surface area contributed by atoms with Gasteiger partial charge in [-0.05, 0) is 31.0 Å². The molecule has 0 saturated heterocycles. The predicted octanol–water partition coefficient (Wildman–Crippen LogP) is 2.31. The number of carbonyl (C=O) groups excluding carboxylic acids is 2. The number of amides is 1. The zero-order valence-electron chi connectivity index (χ0n) is 12.7. The Hall–Kier alpha value is -2.95. The second-order valence-electron chi connectivity index (χ2n) is 5.18. The minimum atomic E-state index is -1.18. The normalized spacial score (nSPS) is 11.5. The van der Waals surface area contributed by atoms with Gasteiger partial charge in [-0.25, -0.2) is 4.79 Å². The van der Waals surface area contributed by atoms with Gasteiger partial charge in [-0.15, -0.1) is 0 Å². The number of Topliss-reactive ketones (excluding diaryl/α,β-unsaturated/α-hetero) is 1. The van der Waals surface area contributed by atoms with Gasteiger partial charge in [0.1, 0.15) is 0 Å². The second kappa shape index (κ2) is 7.35. The van der Waals surface area contributed by atoms with Crippen molar-refractivity contribution in [1.29, 1.82) is 0 Å². The van der Waals surface area contributed by atoms with Gasteiger partial charge in [0, 0.05) is 0 Å². The number of nitrogens with one attached hydrogen (secondary N) is 1. The maximum atomic E-state index is 12.3. The Kier molecular flexibility index (Phi) is 5.25. The summed E-state index contributed by atoms with van der Waals surface area (Å²) in [5.74, 6) is -1.94. The van der Waals surface area contributed by atoms with Crippen molar-refractivity contribution in [3.8, 4) is 0 Å². The van der Waals surface area contributed by atoms with Gasteiger partial charge in [-0.1, -0.05) is 42.5 Å². The molecule has 0 aromatic heterocycles. The molecule has 2 aromatic carbocycles. The first kappa shape index (κ1) is 16.4. The molecule has 0 aliphatic rings. The predicted molar refractivity (Wildman–Crippen MR) is 85.5 cm³/mol. The standard InChI is InChI=1S/C18H17NO4/c1-12(20)16(11-13-7-3-2-4-8-13)19-17(21)14-9-5-6-10-15(14)18(22)23/h2-10,16H,11H2,1H3,(H,19,21)(H,22,23)/t16-/m0/s1. The van der Waals surface area contributed by atoms with Crippen LogP contribution in [0.4, 0.5) is 0 Å². The lowest BCUT2D eigenvalue weighted by molar-refractivity contribution is -0.118. The fourth-order valence-electron chi connectivity index (χ4n) is 2.25. The van der Waals surface area contributed by atoms with Gasteiger partial charge in [0.25, 0.3) is 5.91 Å². The Morgan fingerprint density at radius 1 is 0.957 bits per heavy atom. The highest BCUT2D eigenvalue weighted by atomic mass is 16.4. The quantitative estimate of drug-likeness (QED) is 0.857. The van der Waals surface area contributed by atoms with Crippen molar-refractivity contribution in [2.24, 2.45) is 0 Å². The average molecular weight is 311 g/mol. The summed E-state index contributed by atoms with van der Waals surface area (Å²) in [5.41, 5.74) is 0.867. The molecule has 0 aliphatic carbocycles. The number of hydrogen-bond acceptors (Lipinski definition) is 3. The minimum absolute atomic E-state index is 0.0410. The van der Waals surface area contributed by atoms with E-state index in [1.807, 2.05) is 30.3 Å². The number of aromatic carboxylic acids is 1. The van der Waals surface area contributed by atoms with Crippen LogP contribution in [0.1, 0.15) is 33.2 Å². The van der Waals surface area contributed by atoms with Crippen LogP contribution >= 0.6 is 0 Å². The molecular formula is C18H17NO4. The summed E-state index contributed by atoms with van der Waals surface area (Å²) in [6.07, 6.45) is 0.358. The fraction of sp³-hybridized carbons (Fsp3) is 0.167. The van der Waals surface area contributed by atoms with Gasteiger partial charge in [-0.3, -0.25) is 9.59 Å². The van der Waals surface area contributed by atoms with E-state index < -0.39 is 17.9 Å². The van der Waals surface area contributed by atoms with Crippen molar-refractivity contribution in [2.45, 2.75) is 19.4 Å². The lowest BCUT2D eigenvalue weighted by Gasteiger charge is -2.17. The summed E-state index contributed by atoms with van der Waals surface area (Å²) in [5, 5.41) is 11.8. The lowest BCUT2D eigenvalue weighted by atomic mass is 10.0. The second-order valence-corrected chi connectivity index (χ2v) is 5.18. The van der Waals surface area contributed by atoms with Crippen LogP contribution in [0.3, 0.4) is 0 Å². The number of ketones is 1. The summed E-state index contributed by atoms with van der Waals surface area (Å²) in [6.45, 7) is 1.40. The molecule has 23 heavy (non-hydrogen) atoms. The highest BCUT2D eigenvalue weighted by Crippen LogP contribution is 2.10. The molecule has 0 aliphatic heterocycles. The first-order valence-corrected chi connectivity index (χ1v) is 7.16. The van der Waals surface area contributed by atoms with Crippen molar-refractivity contribution in [3.05, 3.63) is 71.3 Å². The maximum absolute atomic E-state index is 12.3. The van der Waals surface area contributed by atoms with Crippen LogP contribution in [0.15, 0.2) is 54.6 Å². The molecule has 0 saturated carbocycles. The number of benzene rings is 2. The number of carboxylic acid groups (broad SMARTS) is 1. The van der Waals surface area contributed by atoms with Gasteiger partial charge >= 0.3 is 5.97 Å². The first-order chi connectivity index (χ1) is 11.0. The molecule has 2 N–H and O–H groups in total. The highest BCUT2D eigenvalue weighted by molar-refractivity contribution is 6.06. The summed E-state index contributed by atoms with van der Waals surface area (Å²) >= 11 is 0. The molecule has 0 radical (unpaired) electrons. The Labute approximate surface area is 134 Å². The van der Waals surface area contributed by atoms with Gasteiger partial charge < -0.3 is 10.4 Å². The number of carbonyl (C=O) groups is 3. The molecule has 0 fully saturated rings. The van der Waals surface area contributed by atoms with Crippen molar-refractivity contribution in [3.63, 3.8) is 0 Å². The van der Waals surface area contributed by atoms with Crippen LogP contribution in [-0.2, 0) is 11.2 Å². The van der Waals surface area contributed by atoms with Crippen LogP contribution in [0.2, 0.25) is 0 Å². The average Bonchev–Trinajstić information content (AvgIpc) is 2.55. The van der Waals surface area contributed by atoms with Crippen LogP contribution < -0.4 is 5.32 Å². The van der Waals surface area contributed by atoms with Gasteiger partial charge in [0.05, 0.1) is 17.2 Å². The third-order valence-electron chi connectivity index (χ3n) is 3.48. The van der Waals surface area contributed by atoms with E-state index in [9.17, 15) is 14.4 Å². The van der Waals surface area contributed by atoms with Crippen LogP contribution in [0.5, 0.6) is 0 Å². The molecule has 2 aromatic rings. The topological polar surface area (TPSA) is 83.5 Å². The maximum Gasteiger partial charge on any atom is 0.336 e. The van der Waals surface area contributed by atoms with E-state index in [0.717, 1.165) is 5.56 Å². The van der Waals surface area contributed by atoms with E-state index in [4.69, 9.17) is 5.11 Å². The zero-order chi connectivity index (χ0) is 16.8. The molecule has 0 bridgehead atoms. The molecule has 5 nitrogen and oxygen atoms in total. The van der Waals surface area contributed by atoms with Crippen molar-refractivity contribution < 1.29 is 19.5 Å². The number of hydrogen-bond donors (Lipinski definition) is 2. The Morgan fingerprint density at radius 2 is 1.52 bits per heavy atom. The molecule has 1 atom stereocenters. The first-order valence-electron chi connectivity index (χ1n) is 7.16. The Morgan fingerprint density at radius 3 is 2.09 bits per heavy atom. The smallest absolute Gasteiger partial charge is 0.336 e. The van der Waals surface area contributed by atoms with Gasteiger partial charge in [0.15, 0.2) is 5.78 Å². The fourth-order valence-corrected chi connectivity index (χ4v) is 2.25. The molecule has 118 valence electrons. The molecule has 0 heterocycles. The summed E-state index contributed by atoms with van der Waals surface area (Å²) in [7, 11) is 0. The summed E-state index contributed by atoms with van der Waals surface area (Å²) in [4.78, 5) is 35.3. The van der Waals surface area contributed by atoms with Gasteiger partial charge in [0.2, 0.25) is 0 Å². The molecule has 5 heteroatoms. The number of carboxylic acids is 1. The molecule has 1 amide bonds. The number of rotatable bonds is 6. The summed E-state index contributed by atoms with van der Waals surface area (Å²) < 4.78 is 0. The molecule has 0 spiro atoms. The zero-order valence-corrected chi connectivity index (χ0v) is 12.7. The van der Waals surface area contributed by atoms with E-state index in [0.29, 0.717) is 6.42 Å². The van der Waals surface area contributed by atoms with Crippen molar-refractivity contribution in [2.75, 3.05) is 0 Å². The molecule has 0 unspecified atom stereocenters. The minimum Gasteiger partial charge on any atom is -0.478 e. The largest absolute Gasteiger partial charge is 0.478 e. The van der Waals surface area contributed by atoms with Crippen LogP contribution in [0, 0.1) is 0 Å². The van der Waals surface area contributed by atoms with E-state index in [2.05, 4.69) is 5.32 Å². The third kappa shape index (κ3) is 4.26. The van der Waals surface area contributed by atoms with Crippen LogP contribution in [-0.4, -0.2) is 28.8 Å². The third-order valence-corrected chi connectivity index (χ3v) is 3.48. The lowest BCUT2D eigenvalue weighted by Crippen LogP contribution is -2.41. The molecular weight excluding hydrogens is 294 g/mol. The van der Waals surface area contributed by atoms with E-state index in [1.165, 1.54) is 19.1 Å². The van der Waals surface area contributed by atoms with Crippen LogP contribution in [0.25, 0.3) is 0 Å². The monoisotopic (exact) mass is 311 g/mol. The highest BCUT2D eigenvalue weighted by Gasteiger charge is 2.21. The van der Waals surface area contributed by atoms with E-state index >= 15 is 0 Å². The van der Waals surface area contributed by atoms with Gasteiger partial charge in [-0.2, -0.15) is 0 Å². The Bertz CT molecular complexity index is 725. The van der Waals surface area contributed by atoms with Crippen molar-refractivity contribution >= 4 is 17.7 Å². The van der Waals surface area contributed by atoms with E-state index in [1.54, 1.807) is 12.1 Å². The summed E-state index contributed by atoms with van der Waals surface area (Å²) in [6, 6.07) is 14.5.